The molecule has 1 aromatic heterocycles. The third-order valence-electron chi connectivity index (χ3n) is 3.71. The normalized spacial score (nSPS) is 12.1. The van der Waals surface area contributed by atoms with Gasteiger partial charge in [-0.25, -0.2) is 4.98 Å². The summed E-state index contributed by atoms with van der Waals surface area (Å²) in [7, 11) is 1.67. The Morgan fingerprint density at radius 3 is 2.60 bits per heavy atom. The van der Waals surface area contributed by atoms with Crippen molar-refractivity contribution in [1.82, 2.24) is 9.55 Å². The highest BCUT2D eigenvalue weighted by Gasteiger charge is 2.18. The van der Waals surface area contributed by atoms with Crippen molar-refractivity contribution in [3.63, 3.8) is 0 Å². The van der Waals surface area contributed by atoms with E-state index in [-0.39, 0.29) is 11.5 Å². The molecule has 1 heterocycles. The summed E-state index contributed by atoms with van der Waals surface area (Å²) in [5, 5.41) is 3.55. The average Bonchev–Trinajstić information content (AvgIpc) is 2.61. The van der Waals surface area contributed by atoms with Crippen molar-refractivity contribution < 1.29 is 4.79 Å². The minimum atomic E-state index is -0.400. The number of fused-ring (bicyclic) bond motifs is 1. The molecule has 0 aliphatic rings. The summed E-state index contributed by atoms with van der Waals surface area (Å²) in [5.74, 6) is -0.144. The molecule has 1 N–H and O–H groups in total. The Morgan fingerprint density at radius 1 is 1.20 bits per heavy atom. The summed E-state index contributed by atoms with van der Waals surface area (Å²) in [6, 6.07) is 14.6. The zero-order valence-corrected chi connectivity index (χ0v) is 16.1. The first-order valence-corrected chi connectivity index (χ1v) is 9.32. The molecule has 0 fully saturated rings. The first kappa shape index (κ1) is 17.7. The molecule has 0 saturated heterocycles. The smallest absolute Gasteiger partial charge is 0.261 e. The number of amides is 1. The molecular formula is C18H16BrN3O2S. The lowest BCUT2D eigenvalue weighted by Gasteiger charge is -2.14. The number of anilines is 1. The quantitative estimate of drug-likeness (QED) is 0.517. The molecule has 1 atom stereocenters. The predicted octanol–water partition coefficient (Wildman–Crippen LogP) is 3.82. The highest BCUT2D eigenvalue weighted by atomic mass is 79.9. The van der Waals surface area contributed by atoms with Crippen molar-refractivity contribution in [2.75, 3.05) is 5.32 Å². The molecule has 25 heavy (non-hydrogen) atoms. The lowest BCUT2D eigenvalue weighted by atomic mass is 10.2. The van der Waals surface area contributed by atoms with Crippen LogP contribution in [0.25, 0.3) is 10.9 Å². The fourth-order valence-electron chi connectivity index (χ4n) is 2.29. The molecule has 2 aromatic carbocycles. The maximum atomic E-state index is 12.4. The van der Waals surface area contributed by atoms with Crippen LogP contribution in [0.4, 0.5) is 5.69 Å². The van der Waals surface area contributed by atoms with E-state index < -0.39 is 5.25 Å². The van der Waals surface area contributed by atoms with Crippen molar-refractivity contribution in [2.45, 2.75) is 17.3 Å². The van der Waals surface area contributed by atoms with Crippen LogP contribution in [0.3, 0.4) is 0 Å². The summed E-state index contributed by atoms with van der Waals surface area (Å²) >= 11 is 4.62. The number of halogens is 1. The van der Waals surface area contributed by atoms with Gasteiger partial charge in [0.1, 0.15) is 0 Å². The second-order valence-corrected chi connectivity index (χ2v) is 7.76. The summed E-state index contributed by atoms with van der Waals surface area (Å²) in [6.45, 7) is 1.79. The van der Waals surface area contributed by atoms with Gasteiger partial charge in [0, 0.05) is 17.2 Å². The van der Waals surface area contributed by atoms with Crippen LogP contribution in [0.1, 0.15) is 6.92 Å². The van der Waals surface area contributed by atoms with Crippen LogP contribution in [-0.2, 0) is 11.8 Å². The molecule has 1 amide bonds. The molecule has 1 unspecified atom stereocenters. The Bertz CT molecular complexity index is 986. The van der Waals surface area contributed by atoms with Crippen LogP contribution in [0.15, 0.2) is 63.0 Å². The number of carbonyl (C=O) groups excluding carboxylic acids is 1. The van der Waals surface area contributed by atoms with Gasteiger partial charge in [-0.1, -0.05) is 39.8 Å². The molecule has 0 spiro atoms. The third-order valence-corrected chi connectivity index (χ3v) is 5.38. The molecule has 0 radical (unpaired) electrons. The number of hydrogen-bond acceptors (Lipinski definition) is 4. The second-order valence-electron chi connectivity index (χ2n) is 5.53. The van der Waals surface area contributed by atoms with Crippen LogP contribution in [-0.4, -0.2) is 20.7 Å². The fourth-order valence-corrected chi connectivity index (χ4v) is 3.43. The number of nitrogens with one attached hydrogen (secondary N) is 1. The van der Waals surface area contributed by atoms with Crippen molar-refractivity contribution in [1.29, 1.82) is 0 Å². The second kappa shape index (κ2) is 7.41. The number of nitrogens with zero attached hydrogens (tertiary/aromatic N) is 2. The Balaban J connectivity index is 1.80. The van der Waals surface area contributed by atoms with E-state index in [0.717, 1.165) is 10.2 Å². The van der Waals surface area contributed by atoms with Crippen LogP contribution in [0.5, 0.6) is 0 Å². The number of carbonyl (C=O) groups is 1. The molecule has 128 valence electrons. The Morgan fingerprint density at radius 2 is 1.88 bits per heavy atom. The van der Waals surface area contributed by atoms with Gasteiger partial charge in [-0.05, 0) is 43.3 Å². The van der Waals surface area contributed by atoms with Crippen molar-refractivity contribution >= 4 is 50.2 Å². The molecule has 3 aromatic rings. The van der Waals surface area contributed by atoms with E-state index in [2.05, 4.69) is 26.2 Å². The van der Waals surface area contributed by atoms with Gasteiger partial charge in [0.05, 0.1) is 16.2 Å². The molecule has 7 heteroatoms. The molecular weight excluding hydrogens is 402 g/mol. The monoisotopic (exact) mass is 417 g/mol. The summed E-state index contributed by atoms with van der Waals surface area (Å²) < 4.78 is 2.43. The van der Waals surface area contributed by atoms with E-state index in [9.17, 15) is 9.59 Å². The van der Waals surface area contributed by atoms with E-state index in [4.69, 9.17) is 0 Å². The molecule has 0 bridgehead atoms. The summed E-state index contributed by atoms with van der Waals surface area (Å²) in [4.78, 5) is 29.3. The number of aromatic nitrogens is 2. The van der Waals surface area contributed by atoms with Crippen LogP contribution in [0, 0.1) is 0 Å². The van der Waals surface area contributed by atoms with E-state index in [0.29, 0.717) is 16.1 Å². The number of rotatable bonds is 4. The first-order valence-electron chi connectivity index (χ1n) is 7.64. The zero-order valence-electron chi connectivity index (χ0n) is 13.7. The molecule has 0 saturated carbocycles. The van der Waals surface area contributed by atoms with Gasteiger partial charge in [-0.2, -0.15) is 0 Å². The number of para-hydroxylation sites is 1. The molecule has 0 aliphatic carbocycles. The maximum absolute atomic E-state index is 12.4. The average molecular weight is 418 g/mol. The Labute approximate surface area is 157 Å². The van der Waals surface area contributed by atoms with Gasteiger partial charge in [-0.15, -0.1) is 0 Å². The summed E-state index contributed by atoms with van der Waals surface area (Å²) in [5.41, 5.74) is 1.24. The standard InChI is InChI=1S/C18H16BrN3O2S/c1-11(16(23)20-13-9-7-12(19)8-10-13)25-18-21-15-6-4-3-5-14(15)17(24)22(18)2/h3-11H,1-2H3,(H,20,23). The predicted molar refractivity (Wildman–Crippen MR) is 105 cm³/mol. The van der Waals surface area contributed by atoms with E-state index in [1.54, 1.807) is 26.1 Å². The third kappa shape index (κ3) is 3.93. The van der Waals surface area contributed by atoms with Crippen LogP contribution < -0.4 is 10.9 Å². The first-order chi connectivity index (χ1) is 12.0. The van der Waals surface area contributed by atoms with Gasteiger partial charge < -0.3 is 5.32 Å². The van der Waals surface area contributed by atoms with Crippen LogP contribution in [0.2, 0.25) is 0 Å². The van der Waals surface area contributed by atoms with E-state index in [1.165, 1.54) is 16.3 Å². The van der Waals surface area contributed by atoms with Gasteiger partial charge in [0.2, 0.25) is 5.91 Å². The number of benzene rings is 2. The SMILES string of the molecule is CC(Sc1nc2ccccc2c(=O)n1C)C(=O)Nc1ccc(Br)cc1. The number of thioether (sulfide) groups is 1. The highest BCUT2D eigenvalue weighted by Crippen LogP contribution is 2.23. The van der Waals surface area contributed by atoms with Crippen LogP contribution >= 0.6 is 27.7 Å². The van der Waals surface area contributed by atoms with Gasteiger partial charge in [-0.3, -0.25) is 14.2 Å². The van der Waals surface area contributed by atoms with Crippen molar-refractivity contribution in [3.8, 4) is 0 Å². The Hall–Kier alpha value is -2.12. The Kier molecular flexibility index (Phi) is 5.24. The van der Waals surface area contributed by atoms with Gasteiger partial charge in [0.15, 0.2) is 5.16 Å². The lowest BCUT2D eigenvalue weighted by molar-refractivity contribution is -0.115. The molecule has 5 nitrogen and oxygen atoms in total. The lowest BCUT2D eigenvalue weighted by Crippen LogP contribution is -2.25. The minimum absolute atomic E-state index is 0.117. The largest absolute Gasteiger partial charge is 0.325 e. The molecule has 3 rings (SSSR count). The topological polar surface area (TPSA) is 64.0 Å². The minimum Gasteiger partial charge on any atom is -0.325 e. The van der Waals surface area contributed by atoms with Gasteiger partial charge >= 0.3 is 0 Å². The van der Waals surface area contributed by atoms with E-state index in [1.807, 2.05) is 36.4 Å². The fraction of sp³-hybridized carbons (Fsp3) is 0.167. The number of hydrogen-bond donors (Lipinski definition) is 1. The maximum Gasteiger partial charge on any atom is 0.261 e. The zero-order chi connectivity index (χ0) is 18.0. The van der Waals surface area contributed by atoms with Crippen molar-refractivity contribution in [2.24, 2.45) is 7.05 Å². The van der Waals surface area contributed by atoms with E-state index >= 15 is 0 Å². The van der Waals surface area contributed by atoms with Gasteiger partial charge in [0.25, 0.3) is 5.56 Å². The van der Waals surface area contributed by atoms with Crippen molar-refractivity contribution in [3.05, 3.63) is 63.4 Å². The molecule has 0 aliphatic heterocycles. The highest BCUT2D eigenvalue weighted by molar-refractivity contribution is 9.10. The summed E-state index contributed by atoms with van der Waals surface area (Å²) in [6.07, 6.45) is 0.